The van der Waals surface area contributed by atoms with Crippen molar-refractivity contribution in [2.24, 2.45) is 0 Å². The highest BCUT2D eigenvalue weighted by molar-refractivity contribution is 7.80. The number of carbonyl (C=O) groups excluding carboxylic acids is 2. The van der Waals surface area contributed by atoms with Gasteiger partial charge in [0, 0.05) is 16.4 Å². The van der Waals surface area contributed by atoms with Crippen molar-refractivity contribution in [1.29, 1.82) is 0 Å². The monoisotopic (exact) mass is 420 g/mol. The van der Waals surface area contributed by atoms with E-state index in [1.165, 1.54) is 6.07 Å². The summed E-state index contributed by atoms with van der Waals surface area (Å²) in [7, 11) is 0. The largest absolute Gasteiger partial charge is 0.462 e. The fourth-order valence-electron chi connectivity index (χ4n) is 2.38. The average molecular weight is 421 g/mol. The number of halogens is 1. The Hall–Kier alpha value is -2.64. The summed E-state index contributed by atoms with van der Waals surface area (Å²) in [5.74, 6) is -1.08. The molecule has 0 bridgehead atoms. The van der Waals surface area contributed by atoms with Gasteiger partial charge in [-0.15, -0.1) is 0 Å². The number of anilines is 2. The smallest absolute Gasteiger partial charge is 0.338 e. The Morgan fingerprint density at radius 1 is 0.964 bits per heavy atom. The molecule has 0 aliphatic rings. The fraction of sp³-hybridized carbons (Fsp3) is 0.250. The number of hydrogen-bond acceptors (Lipinski definition) is 5. The van der Waals surface area contributed by atoms with Crippen molar-refractivity contribution in [1.82, 2.24) is 0 Å². The molecular formula is C20H21ClN2O4S. The van der Waals surface area contributed by atoms with E-state index in [1.54, 1.807) is 38.1 Å². The van der Waals surface area contributed by atoms with Crippen LogP contribution in [0.3, 0.4) is 0 Å². The molecule has 8 heteroatoms. The summed E-state index contributed by atoms with van der Waals surface area (Å²) < 4.78 is 10.1. The van der Waals surface area contributed by atoms with E-state index in [-0.39, 0.29) is 29.5 Å². The van der Waals surface area contributed by atoms with Crippen molar-refractivity contribution in [2.75, 3.05) is 23.8 Å². The summed E-state index contributed by atoms with van der Waals surface area (Å²) in [5.41, 5.74) is 2.59. The molecule has 0 aromatic heterocycles. The van der Waals surface area contributed by atoms with Crippen LogP contribution in [-0.2, 0) is 9.47 Å². The fourth-order valence-corrected chi connectivity index (χ4v) is 2.78. The first-order chi connectivity index (χ1) is 13.3. The zero-order chi connectivity index (χ0) is 20.7. The molecule has 2 N–H and O–H groups in total. The van der Waals surface area contributed by atoms with E-state index in [0.29, 0.717) is 10.7 Å². The number of rotatable bonds is 6. The maximum Gasteiger partial charge on any atom is 0.338 e. The van der Waals surface area contributed by atoms with Crippen LogP contribution in [-0.4, -0.2) is 30.3 Å². The van der Waals surface area contributed by atoms with E-state index < -0.39 is 11.9 Å². The summed E-state index contributed by atoms with van der Waals surface area (Å²) in [6.07, 6.45) is 0. The Balaban J connectivity index is 2.27. The molecule has 0 aliphatic carbocycles. The van der Waals surface area contributed by atoms with Crippen molar-refractivity contribution in [2.45, 2.75) is 20.8 Å². The number of carbonyl (C=O) groups is 2. The number of esters is 2. The minimum atomic E-state index is -0.540. The minimum Gasteiger partial charge on any atom is -0.462 e. The van der Waals surface area contributed by atoms with Crippen molar-refractivity contribution in [3.05, 3.63) is 58.1 Å². The average Bonchev–Trinajstić information content (AvgIpc) is 2.64. The van der Waals surface area contributed by atoms with E-state index in [0.717, 1.165) is 11.3 Å². The van der Waals surface area contributed by atoms with Crippen LogP contribution in [0.15, 0.2) is 36.4 Å². The first-order valence-electron chi connectivity index (χ1n) is 8.67. The Kier molecular flexibility index (Phi) is 7.78. The number of hydrogen-bond donors (Lipinski definition) is 2. The summed E-state index contributed by atoms with van der Waals surface area (Å²) in [5, 5.41) is 6.88. The summed E-state index contributed by atoms with van der Waals surface area (Å²) in [6.45, 7) is 5.78. The molecule has 0 amide bonds. The zero-order valence-electron chi connectivity index (χ0n) is 15.8. The van der Waals surface area contributed by atoms with Gasteiger partial charge in [-0.2, -0.15) is 0 Å². The molecule has 0 spiro atoms. The van der Waals surface area contributed by atoms with E-state index in [9.17, 15) is 9.59 Å². The van der Waals surface area contributed by atoms with E-state index >= 15 is 0 Å². The predicted octanol–water partition coefficient (Wildman–Crippen LogP) is 4.81. The lowest BCUT2D eigenvalue weighted by Crippen LogP contribution is -2.20. The Bertz CT molecular complexity index is 866. The van der Waals surface area contributed by atoms with E-state index in [1.807, 2.05) is 13.0 Å². The van der Waals surface area contributed by atoms with Gasteiger partial charge in [-0.1, -0.05) is 17.7 Å². The first-order valence-corrected chi connectivity index (χ1v) is 9.46. The summed E-state index contributed by atoms with van der Waals surface area (Å²) in [4.78, 5) is 24.2. The Morgan fingerprint density at radius 2 is 1.54 bits per heavy atom. The second-order valence-electron chi connectivity index (χ2n) is 5.78. The normalized spacial score (nSPS) is 10.1. The van der Waals surface area contributed by atoms with Gasteiger partial charge in [-0.05, 0) is 68.9 Å². The highest BCUT2D eigenvalue weighted by atomic mass is 35.5. The van der Waals surface area contributed by atoms with Gasteiger partial charge in [-0.25, -0.2) is 9.59 Å². The third-order valence-electron chi connectivity index (χ3n) is 3.66. The second kappa shape index (κ2) is 10.1. The Labute approximate surface area is 174 Å². The lowest BCUT2D eigenvalue weighted by molar-refractivity contribution is 0.0525. The van der Waals surface area contributed by atoms with Crippen LogP contribution in [0.4, 0.5) is 11.4 Å². The molecule has 0 saturated carbocycles. The first kappa shape index (κ1) is 21.7. The number of nitrogens with one attached hydrogen (secondary N) is 2. The molecule has 6 nitrogen and oxygen atoms in total. The highest BCUT2D eigenvalue weighted by Crippen LogP contribution is 2.21. The summed E-state index contributed by atoms with van der Waals surface area (Å²) >= 11 is 11.4. The van der Waals surface area contributed by atoms with E-state index in [2.05, 4.69) is 10.6 Å². The number of benzene rings is 2. The SMILES string of the molecule is CCOC(=O)c1cc(NC(=S)Nc2cc(Cl)ccc2C)cc(C(=O)OCC)c1. The van der Waals surface area contributed by atoms with Gasteiger partial charge in [0.25, 0.3) is 0 Å². The van der Waals surface area contributed by atoms with Gasteiger partial charge in [0.15, 0.2) is 5.11 Å². The molecule has 148 valence electrons. The van der Waals surface area contributed by atoms with Gasteiger partial charge in [0.1, 0.15) is 0 Å². The zero-order valence-corrected chi connectivity index (χ0v) is 17.4. The second-order valence-corrected chi connectivity index (χ2v) is 6.62. The van der Waals surface area contributed by atoms with Crippen LogP contribution in [0.5, 0.6) is 0 Å². The summed E-state index contributed by atoms with van der Waals surface area (Å²) in [6, 6.07) is 9.95. The standard InChI is InChI=1S/C20H21ClN2O4S/c1-4-26-18(24)13-8-14(19(25)27-5-2)10-16(9-13)22-20(28)23-17-11-15(21)7-6-12(17)3/h6-11H,4-5H2,1-3H3,(H2,22,23,28). The molecule has 0 aliphatic heterocycles. The lowest BCUT2D eigenvalue weighted by Gasteiger charge is -2.14. The van der Waals surface area contributed by atoms with Crippen molar-refractivity contribution < 1.29 is 19.1 Å². The molecular weight excluding hydrogens is 400 g/mol. The molecule has 28 heavy (non-hydrogen) atoms. The molecule has 2 aromatic carbocycles. The maximum absolute atomic E-state index is 12.1. The van der Waals surface area contributed by atoms with Crippen molar-refractivity contribution >= 4 is 52.2 Å². The van der Waals surface area contributed by atoms with Crippen LogP contribution in [0.25, 0.3) is 0 Å². The molecule has 2 aromatic rings. The van der Waals surface area contributed by atoms with Crippen LogP contribution >= 0.6 is 23.8 Å². The van der Waals surface area contributed by atoms with Gasteiger partial charge in [0.05, 0.1) is 24.3 Å². The molecule has 0 radical (unpaired) electrons. The van der Waals surface area contributed by atoms with Gasteiger partial charge < -0.3 is 20.1 Å². The van der Waals surface area contributed by atoms with E-state index in [4.69, 9.17) is 33.3 Å². The van der Waals surface area contributed by atoms with Crippen LogP contribution in [0.1, 0.15) is 40.1 Å². The molecule has 0 saturated heterocycles. The molecule has 0 fully saturated rings. The van der Waals surface area contributed by atoms with Gasteiger partial charge >= 0.3 is 11.9 Å². The maximum atomic E-state index is 12.1. The topological polar surface area (TPSA) is 76.7 Å². The van der Waals surface area contributed by atoms with Crippen LogP contribution in [0, 0.1) is 6.92 Å². The highest BCUT2D eigenvalue weighted by Gasteiger charge is 2.15. The minimum absolute atomic E-state index is 0.219. The van der Waals surface area contributed by atoms with Crippen molar-refractivity contribution in [3.63, 3.8) is 0 Å². The van der Waals surface area contributed by atoms with Crippen LogP contribution < -0.4 is 10.6 Å². The van der Waals surface area contributed by atoms with Crippen LogP contribution in [0.2, 0.25) is 5.02 Å². The molecule has 0 heterocycles. The Morgan fingerprint density at radius 3 is 2.07 bits per heavy atom. The number of thiocarbonyl (C=S) groups is 1. The molecule has 0 unspecified atom stereocenters. The third-order valence-corrected chi connectivity index (χ3v) is 4.10. The van der Waals surface area contributed by atoms with Gasteiger partial charge in [0.2, 0.25) is 0 Å². The molecule has 0 atom stereocenters. The van der Waals surface area contributed by atoms with Crippen molar-refractivity contribution in [3.8, 4) is 0 Å². The lowest BCUT2D eigenvalue weighted by atomic mass is 10.1. The molecule has 2 rings (SSSR count). The number of ether oxygens (including phenoxy) is 2. The quantitative estimate of drug-likeness (QED) is 0.512. The number of aryl methyl sites for hydroxylation is 1. The predicted molar refractivity (Wildman–Crippen MR) is 114 cm³/mol. The van der Waals surface area contributed by atoms with Gasteiger partial charge in [-0.3, -0.25) is 0 Å². The third kappa shape index (κ3) is 5.94.